The molecular formula is C32H36FN3O3. The molecule has 0 unspecified atom stereocenters. The zero-order valence-electron chi connectivity index (χ0n) is 22.7. The Kier molecular flexibility index (Phi) is 9.73. The molecule has 204 valence electrons. The number of rotatable bonds is 13. The Balaban J connectivity index is 1.54. The highest BCUT2D eigenvalue weighted by Gasteiger charge is 2.23. The Morgan fingerprint density at radius 2 is 1.72 bits per heavy atom. The second kappa shape index (κ2) is 13.6. The molecule has 4 aromatic rings. The molecule has 0 aliphatic rings. The van der Waals surface area contributed by atoms with Gasteiger partial charge in [0.25, 0.3) is 5.91 Å². The fourth-order valence-electron chi connectivity index (χ4n) is 4.63. The van der Waals surface area contributed by atoms with Gasteiger partial charge in [-0.2, -0.15) is 0 Å². The van der Waals surface area contributed by atoms with Crippen LogP contribution in [0.2, 0.25) is 0 Å². The van der Waals surface area contributed by atoms with Crippen molar-refractivity contribution in [2.75, 3.05) is 26.2 Å². The van der Waals surface area contributed by atoms with E-state index in [1.165, 1.54) is 23.1 Å². The molecule has 0 spiro atoms. The van der Waals surface area contributed by atoms with E-state index in [9.17, 15) is 14.0 Å². The lowest BCUT2D eigenvalue weighted by Gasteiger charge is -2.28. The van der Waals surface area contributed by atoms with Crippen molar-refractivity contribution in [1.82, 2.24) is 14.8 Å². The summed E-state index contributed by atoms with van der Waals surface area (Å²) in [5, 5.41) is 1.14. The predicted octanol–water partition coefficient (Wildman–Crippen LogP) is 6.22. The third-order valence-corrected chi connectivity index (χ3v) is 6.75. The Bertz CT molecular complexity index is 1380. The van der Waals surface area contributed by atoms with E-state index >= 15 is 0 Å². The standard InChI is InChI=1S/C32H36FN3O3/c1-3-5-18-36(32(38)25-9-8-10-27(33)20-25)23-31(37)35(22-24-13-15-28(16-14-24)39-4-2)19-17-26-21-34-30-12-7-6-11-29(26)30/h6-16,20-21,34H,3-5,17-19,22-23H2,1-2H3. The number of aromatic nitrogens is 1. The number of H-pyrrole nitrogens is 1. The van der Waals surface area contributed by atoms with Crippen LogP contribution in [-0.4, -0.2) is 52.8 Å². The van der Waals surface area contributed by atoms with Crippen LogP contribution in [-0.2, 0) is 17.8 Å². The molecule has 4 rings (SSSR count). The van der Waals surface area contributed by atoms with Gasteiger partial charge in [0, 0.05) is 42.3 Å². The lowest BCUT2D eigenvalue weighted by Crippen LogP contribution is -2.43. The highest BCUT2D eigenvalue weighted by atomic mass is 19.1. The average Bonchev–Trinajstić information content (AvgIpc) is 3.37. The topological polar surface area (TPSA) is 65.6 Å². The summed E-state index contributed by atoms with van der Waals surface area (Å²) in [7, 11) is 0. The van der Waals surface area contributed by atoms with Crippen molar-refractivity contribution in [1.29, 1.82) is 0 Å². The van der Waals surface area contributed by atoms with Crippen LogP contribution in [0.3, 0.4) is 0 Å². The monoisotopic (exact) mass is 529 g/mol. The summed E-state index contributed by atoms with van der Waals surface area (Å²) in [6.07, 6.45) is 4.28. The lowest BCUT2D eigenvalue weighted by molar-refractivity contribution is -0.132. The average molecular weight is 530 g/mol. The van der Waals surface area contributed by atoms with Gasteiger partial charge in [-0.15, -0.1) is 0 Å². The zero-order chi connectivity index (χ0) is 27.6. The molecule has 0 saturated carbocycles. The molecule has 1 N–H and O–H groups in total. The maximum Gasteiger partial charge on any atom is 0.254 e. The second-order valence-corrected chi connectivity index (χ2v) is 9.59. The Morgan fingerprint density at radius 1 is 0.923 bits per heavy atom. The number of benzene rings is 3. The molecule has 0 saturated heterocycles. The van der Waals surface area contributed by atoms with E-state index in [0.717, 1.165) is 40.6 Å². The van der Waals surface area contributed by atoms with Gasteiger partial charge in [-0.05, 0) is 67.3 Å². The van der Waals surface area contributed by atoms with Crippen LogP contribution in [0.1, 0.15) is 48.2 Å². The molecule has 1 aromatic heterocycles. The van der Waals surface area contributed by atoms with E-state index in [2.05, 4.69) is 11.1 Å². The van der Waals surface area contributed by atoms with E-state index in [4.69, 9.17) is 4.74 Å². The molecule has 6 nitrogen and oxygen atoms in total. The van der Waals surface area contributed by atoms with Gasteiger partial charge in [0.2, 0.25) is 5.91 Å². The number of para-hydroxylation sites is 1. The summed E-state index contributed by atoms with van der Waals surface area (Å²) < 4.78 is 19.4. The summed E-state index contributed by atoms with van der Waals surface area (Å²) in [4.78, 5) is 33.7. The minimum Gasteiger partial charge on any atom is -0.494 e. The zero-order valence-corrected chi connectivity index (χ0v) is 22.7. The van der Waals surface area contributed by atoms with Crippen molar-refractivity contribution in [2.45, 2.75) is 39.7 Å². The van der Waals surface area contributed by atoms with Gasteiger partial charge in [0.1, 0.15) is 18.1 Å². The van der Waals surface area contributed by atoms with E-state index < -0.39 is 5.82 Å². The highest BCUT2D eigenvalue weighted by Crippen LogP contribution is 2.20. The predicted molar refractivity (Wildman–Crippen MR) is 152 cm³/mol. The SMILES string of the molecule is CCCCN(CC(=O)N(CCc1c[nH]c2ccccc12)Cc1ccc(OCC)cc1)C(=O)c1cccc(F)c1. The second-order valence-electron chi connectivity index (χ2n) is 9.59. The van der Waals surface area contributed by atoms with Crippen LogP contribution in [0.4, 0.5) is 4.39 Å². The number of unbranched alkanes of at least 4 members (excludes halogenated alkanes) is 1. The third kappa shape index (κ3) is 7.47. The van der Waals surface area contributed by atoms with Crippen LogP contribution in [0, 0.1) is 5.82 Å². The molecule has 2 amide bonds. The number of aromatic amines is 1. The highest BCUT2D eigenvalue weighted by molar-refractivity contribution is 5.96. The van der Waals surface area contributed by atoms with Crippen LogP contribution < -0.4 is 4.74 Å². The number of nitrogens with zero attached hydrogens (tertiary/aromatic N) is 2. The minimum absolute atomic E-state index is 0.0692. The van der Waals surface area contributed by atoms with E-state index in [-0.39, 0.29) is 23.9 Å². The summed E-state index contributed by atoms with van der Waals surface area (Å²) in [6, 6.07) is 21.5. The van der Waals surface area contributed by atoms with Crippen molar-refractivity contribution < 1.29 is 18.7 Å². The van der Waals surface area contributed by atoms with Crippen LogP contribution in [0.15, 0.2) is 79.0 Å². The number of hydrogen-bond acceptors (Lipinski definition) is 3. The van der Waals surface area contributed by atoms with Crippen molar-refractivity contribution in [3.63, 3.8) is 0 Å². The van der Waals surface area contributed by atoms with E-state index in [1.54, 1.807) is 11.0 Å². The van der Waals surface area contributed by atoms with Crippen LogP contribution in [0.5, 0.6) is 5.75 Å². The van der Waals surface area contributed by atoms with Crippen molar-refractivity contribution in [3.8, 4) is 5.75 Å². The van der Waals surface area contributed by atoms with Crippen LogP contribution in [0.25, 0.3) is 10.9 Å². The first-order valence-corrected chi connectivity index (χ1v) is 13.6. The van der Waals surface area contributed by atoms with Gasteiger partial charge in [-0.1, -0.05) is 49.7 Å². The first-order chi connectivity index (χ1) is 19.0. The van der Waals surface area contributed by atoms with Gasteiger partial charge in [0.05, 0.1) is 6.61 Å². The third-order valence-electron chi connectivity index (χ3n) is 6.75. The number of fused-ring (bicyclic) bond motifs is 1. The van der Waals surface area contributed by atoms with Crippen molar-refractivity contribution in [2.24, 2.45) is 0 Å². The van der Waals surface area contributed by atoms with Gasteiger partial charge >= 0.3 is 0 Å². The van der Waals surface area contributed by atoms with Crippen molar-refractivity contribution in [3.05, 3.63) is 102 Å². The molecule has 0 aliphatic carbocycles. The van der Waals surface area contributed by atoms with E-state index in [0.29, 0.717) is 32.7 Å². The molecule has 0 radical (unpaired) electrons. The summed E-state index contributed by atoms with van der Waals surface area (Å²) >= 11 is 0. The normalized spacial score (nSPS) is 10.9. The molecular weight excluding hydrogens is 493 g/mol. The van der Waals surface area contributed by atoms with E-state index in [1.807, 2.05) is 62.5 Å². The summed E-state index contributed by atoms with van der Waals surface area (Å²) in [5.41, 5.74) is 3.41. The maximum absolute atomic E-state index is 13.8. The largest absolute Gasteiger partial charge is 0.494 e. The number of amides is 2. The fraction of sp³-hybridized carbons (Fsp3) is 0.312. The lowest BCUT2D eigenvalue weighted by atomic mass is 10.1. The molecule has 39 heavy (non-hydrogen) atoms. The number of ether oxygens (including phenoxy) is 1. The first kappa shape index (κ1) is 27.9. The number of carbonyl (C=O) groups is 2. The number of halogens is 1. The smallest absolute Gasteiger partial charge is 0.254 e. The quantitative estimate of drug-likeness (QED) is 0.224. The fourth-order valence-corrected chi connectivity index (χ4v) is 4.63. The van der Waals surface area contributed by atoms with Gasteiger partial charge in [-0.25, -0.2) is 4.39 Å². The van der Waals surface area contributed by atoms with Crippen molar-refractivity contribution >= 4 is 22.7 Å². The maximum atomic E-state index is 13.8. The molecule has 0 fully saturated rings. The minimum atomic E-state index is -0.474. The molecule has 0 bridgehead atoms. The van der Waals surface area contributed by atoms with Crippen LogP contribution >= 0.6 is 0 Å². The molecule has 3 aromatic carbocycles. The van der Waals surface area contributed by atoms with Gasteiger partial charge in [0.15, 0.2) is 0 Å². The summed E-state index contributed by atoms with van der Waals surface area (Å²) in [6.45, 7) is 5.81. The van der Waals surface area contributed by atoms with Gasteiger partial charge < -0.3 is 19.5 Å². The molecule has 0 atom stereocenters. The number of nitrogens with one attached hydrogen (secondary N) is 1. The van der Waals surface area contributed by atoms with Gasteiger partial charge in [-0.3, -0.25) is 9.59 Å². The molecule has 1 heterocycles. The molecule has 0 aliphatic heterocycles. The molecule has 7 heteroatoms. The first-order valence-electron chi connectivity index (χ1n) is 13.6. The number of carbonyl (C=O) groups excluding carboxylic acids is 2. The Labute approximate surface area is 229 Å². The Hall–Kier alpha value is -4.13. The number of hydrogen-bond donors (Lipinski definition) is 1. The summed E-state index contributed by atoms with van der Waals surface area (Å²) in [5.74, 6) is -0.179. The Morgan fingerprint density at radius 3 is 2.46 bits per heavy atom.